The molecule has 4 rings (SSSR count). The molecular formula is C28H25ClFIN2O3S. The molecule has 0 aromatic heterocycles. The summed E-state index contributed by atoms with van der Waals surface area (Å²) in [6, 6.07) is 17.2. The van der Waals surface area contributed by atoms with Crippen LogP contribution in [0, 0.1) is 9.39 Å². The Labute approximate surface area is 238 Å². The summed E-state index contributed by atoms with van der Waals surface area (Å²) in [7, 11) is 0. The van der Waals surface area contributed by atoms with Gasteiger partial charge in [0, 0.05) is 11.6 Å². The molecule has 3 aromatic carbocycles. The molecule has 1 heterocycles. The summed E-state index contributed by atoms with van der Waals surface area (Å²) in [4.78, 5) is 20.2. The van der Waals surface area contributed by atoms with Crippen molar-refractivity contribution < 1.29 is 18.7 Å². The monoisotopic (exact) mass is 650 g/mol. The Morgan fingerprint density at radius 1 is 1.08 bits per heavy atom. The third kappa shape index (κ3) is 7.06. The topological polar surface area (TPSA) is 51.1 Å². The van der Waals surface area contributed by atoms with Crippen molar-refractivity contribution in [3.63, 3.8) is 0 Å². The van der Waals surface area contributed by atoms with Gasteiger partial charge in [0.2, 0.25) is 0 Å². The van der Waals surface area contributed by atoms with Gasteiger partial charge in [-0.25, -0.2) is 9.38 Å². The van der Waals surface area contributed by atoms with Gasteiger partial charge in [-0.15, -0.1) is 0 Å². The SMILES string of the molecule is CCCN1C(=O)/C(=C/c2cc(I)c(OCc3ccc(F)cc3)c(OCC)c2)SC1=Nc1ccc(Cl)cc1. The fourth-order valence-corrected chi connectivity index (χ4v) is 5.53. The van der Waals surface area contributed by atoms with Crippen LogP contribution in [0.4, 0.5) is 10.1 Å². The predicted molar refractivity (Wildman–Crippen MR) is 157 cm³/mol. The van der Waals surface area contributed by atoms with E-state index in [1.54, 1.807) is 29.2 Å². The molecule has 37 heavy (non-hydrogen) atoms. The predicted octanol–water partition coefficient (Wildman–Crippen LogP) is 8.08. The van der Waals surface area contributed by atoms with E-state index in [9.17, 15) is 9.18 Å². The lowest BCUT2D eigenvalue weighted by Gasteiger charge is -2.15. The first-order valence-electron chi connectivity index (χ1n) is 11.8. The highest BCUT2D eigenvalue weighted by Gasteiger charge is 2.33. The van der Waals surface area contributed by atoms with Gasteiger partial charge < -0.3 is 9.47 Å². The van der Waals surface area contributed by atoms with Crippen LogP contribution in [-0.4, -0.2) is 29.1 Å². The van der Waals surface area contributed by atoms with E-state index in [0.29, 0.717) is 39.7 Å². The van der Waals surface area contributed by atoms with Crippen molar-refractivity contribution in [2.75, 3.05) is 13.2 Å². The molecule has 192 valence electrons. The van der Waals surface area contributed by atoms with Crippen molar-refractivity contribution in [3.8, 4) is 11.5 Å². The van der Waals surface area contributed by atoms with Crippen molar-refractivity contribution in [1.29, 1.82) is 0 Å². The number of benzene rings is 3. The molecule has 1 aliphatic rings. The minimum Gasteiger partial charge on any atom is -0.490 e. The van der Waals surface area contributed by atoms with E-state index in [-0.39, 0.29) is 18.3 Å². The van der Waals surface area contributed by atoms with Crippen LogP contribution in [0.1, 0.15) is 31.4 Å². The van der Waals surface area contributed by atoms with E-state index in [2.05, 4.69) is 22.6 Å². The second kappa shape index (κ2) is 12.8. The first-order valence-corrected chi connectivity index (χ1v) is 14.0. The smallest absolute Gasteiger partial charge is 0.266 e. The second-order valence-corrected chi connectivity index (χ2v) is 10.7. The van der Waals surface area contributed by atoms with Gasteiger partial charge >= 0.3 is 0 Å². The van der Waals surface area contributed by atoms with Crippen LogP contribution in [0.15, 0.2) is 70.6 Å². The fourth-order valence-electron chi connectivity index (χ4n) is 3.60. The Morgan fingerprint density at radius 2 is 1.81 bits per heavy atom. The minimum absolute atomic E-state index is 0.0795. The van der Waals surface area contributed by atoms with Gasteiger partial charge in [-0.1, -0.05) is 30.7 Å². The molecule has 1 fully saturated rings. The maximum Gasteiger partial charge on any atom is 0.266 e. The lowest BCUT2D eigenvalue weighted by Crippen LogP contribution is -2.29. The Morgan fingerprint density at radius 3 is 2.49 bits per heavy atom. The molecule has 0 unspecified atom stereocenters. The molecule has 0 saturated carbocycles. The second-order valence-electron chi connectivity index (χ2n) is 8.12. The summed E-state index contributed by atoms with van der Waals surface area (Å²) in [6.45, 7) is 5.25. The summed E-state index contributed by atoms with van der Waals surface area (Å²) in [5.41, 5.74) is 2.40. The number of thioether (sulfide) groups is 1. The number of nitrogens with zero attached hydrogens (tertiary/aromatic N) is 2. The third-order valence-corrected chi connectivity index (χ3v) is 7.37. The fraction of sp³-hybridized carbons (Fsp3) is 0.214. The molecule has 0 bridgehead atoms. The van der Waals surface area contributed by atoms with Crippen molar-refractivity contribution in [3.05, 3.63) is 91.1 Å². The number of amidine groups is 1. The van der Waals surface area contributed by atoms with Gasteiger partial charge in [-0.3, -0.25) is 9.69 Å². The zero-order valence-corrected chi connectivity index (χ0v) is 24.1. The van der Waals surface area contributed by atoms with Crippen LogP contribution in [0.25, 0.3) is 6.08 Å². The molecule has 0 N–H and O–H groups in total. The van der Waals surface area contributed by atoms with E-state index in [4.69, 9.17) is 26.1 Å². The molecule has 0 atom stereocenters. The minimum atomic E-state index is -0.288. The van der Waals surface area contributed by atoms with Crippen LogP contribution >= 0.6 is 46.0 Å². The first-order chi connectivity index (χ1) is 17.9. The number of rotatable bonds is 9. The van der Waals surface area contributed by atoms with Crippen LogP contribution in [0.5, 0.6) is 11.5 Å². The van der Waals surface area contributed by atoms with Crippen LogP contribution < -0.4 is 9.47 Å². The average Bonchev–Trinajstić information content (AvgIpc) is 3.15. The van der Waals surface area contributed by atoms with Gasteiger partial charge in [0.25, 0.3) is 5.91 Å². The van der Waals surface area contributed by atoms with Crippen molar-refractivity contribution in [2.24, 2.45) is 4.99 Å². The molecule has 0 spiro atoms. The van der Waals surface area contributed by atoms with Crippen LogP contribution in [0.2, 0.25) is 5.02 Å². The molecule has 3 aromatic rings. The molecule has 0 aliphatic carbocycles. The summed E-state index contributed by atoms with van der Waals surface area (Å²) >= 11 is 9.55. The molecule has 5 nitrogen and oxygen atoms in total. The summed E-state index contributed by atoms with van der Waals surface area (Å²) < 4.78 is 26.0. The normalized spacial score (nSPS) is 15.6. The number of carbonyl (C=O) groups is 1. The highest BCUT2D eigenvalue weighted by atomic mass is 127. The van der Waals surface area contributed by atoms with Gasteiger partial charge in [-0.2, -0.15) is 0 Å². The largest absolute Gasteiger partial charge is 0.490 e. The zero-order valence-electron chi connectivity index (χ0n) is 20.3. The van der Waals surface area contributed by atoms with Crippen LogP contribution in [0.3, 0.4) is 0 Å². The molecule has 0 radical (unpaired) electrons. The summed E-state index contributed by atoms with van der Waals surface area (Å²) in [5.74, 6) is 0.823. The number of carbonyl (C=O) groups excluding carboxylic acids is 1. The van der Waals surface area contributed by atoms with E-state index >= 15 is 0 Å². The maximum absolute atomic E-state index is 13.3. The quantitative estimate of drug-likeness (QED) is 0.174. The number of halogens is 3. The van der Waals surface area contributed by atoms with Crippen molar-refractivity contribution >= 4 is 68.8 Å². The van der Waals surface area contributed by atoms with Gasteiger partial charge in [0.1, 0.15) is 12.4 Å². The number of hydrogen-bond acceptors (Lipinski definition) is 5. The molecule has 1 saturated heterocycles. The Bertz CT molecular complexity index is 1330. The first kappa shape index (κ1) is 27.5. The summed E-state index contributed by atoms with van der Waals surface area (Å²) in [5, 5.41) is 1.27. The van der Waals surface area contributed by atoms with Crippen LogP contribution in [-0.2, 0) is 11.4 Å². The molecule has 1 aliphatic heterocycles. The molecule has 9 heteroatoms. The Hall–Kier alpha value is -2.56. The third-order valence-electron chi connectivity index (χ3n) is 5.31. The lowest BCUT2D eigenvalue weighted by molar-refractivity contribution is -0.122. The maximum atomic E-state index is 13.3. The number of aliphatic imine (C=N–C) groups is 1. The Kier molecular flexibility index (Phi) is 9.50. The van der Waals surface area contributed by atoms with E-state index < -0.39 is 0 Å². The Balaban J connectivity index is 1.61. The van der Waals surface area contributed by atoms with Crippen molar-refractivity contribution in [1.82, 2.24) is 4.90 Å². The summed E-state index contributed by atoms with van der Waals surface area (Å²) in [6.07, 6.45) is 2.67. The zero-order chi connectivity index (χ0) is 26.4. The number of hydrogen-bond donors (Lipinski definition) is 0. The van der Waals surface area contributed by atoms with Gasteiger partial charge in [0.15, 0.2) is 16.7 Å². The highest BCUT2D eigenvalue weighted by molar-refractivity contribution is 14.1. The van der Waals surface area contributed by atoms with E-state index in [0.717, 1.165) is 26.8 Å². The van der Waals surface area contributed by atoms with Gasteiger partial charge in [-0.05, 0) is 113 Å². The molecular weight excluding hydrogens is 626 g/mol. The average molecular weight is 651 g/mol. The van der Waals surface area contributed by atoms with E-state index in [1.807, 2.05) is 44.2 Å². The highest BCUT2D eigenvalue weighted by Crippen LogP contribution is 2.38. The standard InChI is InChI=1S/C28H25ClFIN2O3S/c1-3-13-33-27(34)25(37-28(33)32-22-11-7-20(29)8-12-22)16-19-14-23(31)26(24(15-19)35-4-2)36-17-18-5-9-21(30)10-6-18/h5-12,14-16H,3-4,13,17H2,1-2H3/b25-16-,32-28?. The van der Waals surface area contributed by atoms with E-state index in [1.165, 1.54) is 23.9 Å². The number of amides is 1. The van der Waals surface area contributed by atoms with Crippen molar-refractivity contribution in [2.45, 2.75) is 26.9 Å². The lowest BCUT2D eigenvalue weighted by atomic mass is 10.1. The number of ether oxygens (including phenoxy) is 2. The molecule has 1 amide bonds. The van der Waals surface area contributed by atoms with Gasteiger partial charge in [0.05, 0.1) is 20.8 Å².